The second-order valence-corrected chi connectivity index (χ2v) is 19.6. The van der Waals surface area contributed by atoms with Crippen LogP contribution in [0.2, 0.25) is 0 Å². The third-order valence-corrected chi connectivity index (χ3v) is 13.2. The minimum Gasteiger partial charge on any atom is -0.466 e. The number of aliphatic hydroxyl groups is 2. The van der Waals surface area contributed by atoms with Gasteiger partial charge < -0.3 is 20.3 Å². The smallest absolute Gasteiger partial charge is 0.305 e. The van der Waals surface area contributed by atoms with Crippen molar-refractivity contribution < 1.29 is 24.5 Å². The van der Waals surface area contributed by atoms with Gasteiger partial charge in [-0.25, -0.2) is 0 Å². The van der Waals surface area contributed by atoms with Gasteiger partial charge in [-0.05, 0) is 83.5 Å². The van der Waals surface area contributed by atoms with E-state index in [4.69, 9.17) is 4.74 Å². The highest BCUT2D eigenvalue weighted by atomic mass is 16.5. The first-order valence-electron chi connectivity index (χ1n) is 28.7. The van der Waals surface area contributed by atoms with Crippen molar-refractivity contribution >= 4 is 11.9 Å². The number of unbranched alkanes of at least 4 members (excludes halogenated alkanes) is 36. The highest BCUT2D eigenvalue weighted by Crippen LogP contribution is 2.17. The quantitative estimate of drug-likeness (QED) is 0.0321. The van der Waals surface area contributed by atoms with Gasteiger partial charge in [-0.2, -0.15) is 0 Å². The summed E-state index contributed by atoms with van der Waals surface area (Å²) in [5.74, 6) is -0.0733. The maximum atomic E-state index is 12.5. The largest absolute Gasteiger partial charge is 0.466 e. The number of hydrogen-bond donors (Lipinski definition) is 3. The van der Waals surface area contributed by atoms with Crippen molar-refractivity contribution in [3.63, 3.8) is 0 Å². The molecule has 2 unspecified atom stereocenters. The lowest BCUT2D eigenvalue weighted by Crippen LogP contribution is -2.45. The second-order valence-electron chi connectivity index (χ2n) is 19.6. The molecule has 3 N–H and O–H groups in total. The number of ether oxygens (including phenoxy) is 1. The molecule has 0 heterocycles. The molecule has 65 heavy (non-hydrogen) atoms. The normalized spacial score (nSPS) is 12.9. The lowest BCUT2D eigenvalue weighted by molar-refractivity contribution is -0.143. The molecular formula is C59H111NO5. The van der Waals surface area contributed by atoms with E-state index >= 15 is 0 Å². The van der Waals surface area contributed by atoms with Crippen molar-refractivity contribution in [2.24, 2.45) is 0 Å². The van der Waals surface area contributed by atoms with E-state index in [-0.39, 0.29) is 18.5 Å². The van der Waals surface area contributed by atoms with Crippen LogP contribution in [0, 0.1) is 0 Å². The Hall–Kier alpha value is -1.92. The number of carbonyl (C=O) groups excluding carboxylic acids is 2. The zero-order valence-corrected chi connectivity index (χ0v) is 43.5. The first kappa shape index (κ1) is 63.1. The van der Waals surface area contributed by atoms with E-state index in [2.05, 4.69) is 55.6 Å². The maximum Gasteiger partial charge on any atom is 0.305 e. The van der Waals surface area contributed by atoms with Crippen molar-refractivity contribution in [1.82, 2.24) is 5.32 Å². The van der Waals surface area contributed by atoms with Gasteiger partial charge in [0.15, 0.2) is 0 Å². The van der Waals surface area contributed by atoms with Crippen LogP contribution < -0.4 is 5.32 Å². The average Bonchev–Trinajstić information content (AvgIpc) is 3.31. The lowest BCUT2D eigenvalue weighted by Gasteiger charge is -2.22. The van der Waals surface area contributed by atoms with E-state index in [1.807, 2.05) is 0 Å². The fraction of sp³-hybridized carbons (Fsp3) is 0.864. The number of amides is 1. The third-order valence-electron chi connectivity index (χ3n) is 13.2. The molecule has 0 aromatic heterocycles. The summed E-state index contributed by atoms with van der Waals surface area (Å²) in [5, 5.41) is 23.3. The van der Waals surface area contributed by atoms with Gasteiger partial charge in [0.05, 0.1) is 25.4 Å². The minimum absolute atomic E-state index is 0.0240. The number of carbonyl (C=O) groups is 2. The first-order valence-corrected chi connectivity index (χ1v) is 28.7. The number of esters is 1. The summed E-state index contributed by atoms with van der Waals surface area (Å²) in [6, 6.07) is -0.554. The van der Waals surface area contributed by atoms with Crippen LogP contribution in [0.4, 0.5) is 0 Å². The van der Waals surface area contributed by atoms with Crippen LogP contribution in [0.15, 0.2) is 36.5 Å². The fourth-order valence-electron chi connectivity index (χ4n) is 8.72. The van der Waals surface area contributed by atoms with Crippen LogP contribution in [-0.2, 0) is 14.3 Å². The van der Waals surface area contributed by atoms with E-state index in [9.17, 15) is 19.8 Å². The van der Waals surface area contributed by atoms with Crippen LogP contribution in [0.25, 0.3) is 0 Å². The average molecular weight is 915 g/mol. The van der Waals surface area contributed by atoms with E-state index < -0.39 is 12.1 Å². The van der Waals surface area contributed by atoms with Gasteiger partial charge in [-0.1, -0.05) is 243 Å². The highest BCUT2D eigenvalue weighted by Gasteiger charge is 2.20. The number of hydrogen-bond acceptors (Lipinski definition) is 5. The van der Waals surface area contributed by atoms with Crippen LogP contribution in [0.5, 0.6) is 0 Å². The SMILES string of the molecule is CCCCC/C=C\C/C=C\CCCCCCCC(=O)OCCCCCC/C=C\CCCCCCCCCC(=O)NC(CO)C(O)CCCCCCCCCCCCCCCCCCCC. The standard InChI is InChI=1S/C59H111NO5/c1-3-5-7-9-11-13-15-17-19-20-21-24-27-31-35-39-43-47-51-57(62)56(55-61)60-58(63)52-48-44-40-36-32-28-25-22-26-30-34-38-42-46-50-54-65-59(64)53-49-45-41-37-33-29-23-18-16-14-12-10-8-6-4-2/h12,14,18,23,26,30,56-57,61-62H,3-11,13,15-17,19-22,24-25,27-29,31-55H2,1-2H3,(H,60,63)/b14-12-,23-18-,30-26-. The second kappa shape index (κ2) is 54.7. The van der Waals surface area contributed by atoms with Gasteiger partial charge in [-0.15, -0.1) is 0 Å². The molecule has 0 radical (unpaired) electrons. The highest BCUT2D eigenvalue weighted by molar-refractivity contribution is 5.76. The van der Waals surface area contributed by atoms with Crippen LogP contribution in [0.3, 0.4) is 0 Å². The van der Waals surface area contributed by atoms with Crippen molar-refractivity contribution in [1.29, 1.82) is 0 Å². The molecule has 382 valence electrons. The molecule has 0 aliphatic rings. The summed E-state index contributed by atoms with van der Waals surface area (Å²) in [7, 11) is 0. The Morgan fingerprint density at radius 1 is 0.431 bits per heavy atom. The van der Waals surface area contributed by atoms with Crippen LogP contribution in [0.1, 0.15) is 303 Å². The van der Waals surface area contributed by atoms with E-state index in [0.717, 1.165) is 83.5 Å². The molecule has 0 aromatic carbocycles. The summed E-state index contributed by atoms with van der Waals surface area (Å²) in [4.78, 5) is 24.5. The molecule has 1 amide bonds. The Balaban J connectivity index is 3.49. The molecule has 6 nitrogen and oxygen atoms in total. The molecule has 0 saturated heterocycles. The Kier molecular flexibility index (Phi) is 53.1. The molecule has 2 atom stereocenters. The molecule has 0 saturated carbocycles. The number of rotatable bonds is 53. The van der Waals surface area contributed by atoms with Gasteiger partial charge in [0.2, 0.25) is 5.91 Å². The predicted octanol–water partition coefficient (Wildman–Crippen LogP) is 17.6. The molecule has 6 heteroatoms. The van der Waals surface area contributed by atoms with Gasteiger partial charge in [0.25, 0.3) is 0 Å². The van der Waals surface area contributed by atoms with Crippen LogP contribution >= 0.6 is 0 Å². The molecule has 0 spiro atoms. The summed E-state index contributed by atoms with van der Waals surface area (Å²) >= 11 is 0. The number of allylic oxidation sites excluding steroid dienone is 6. The van der Waals surface area contributed by atoms with Gasteiger partial charge in [0, 0.05) is 12.8 Å². The van der Waals surface area contributed by atoms with E-state index in [0.29, 0.717) is 25.9 Å². The number of nitrogens with one attached hydrogen (secondary N) is 1. The summed E-state index contributed by atoms with van der Waals surface area (Å²) in [6.45, 7) is 4.89. The Labute approximate surface area is 404 Å². The van der Waals surface area contributed by atoms with Crippen LogP contribution in [-0.4, -0.2) is 47.4 Å². The van der Waals surface area contributed by atoms with Gasteiger partial charge in [-0.3, -0.25) is 9.59 Å². The van der Waals surface area contributed by atoms with Crippen molar-refractivity contribution in [3.8, 4) is 0 Å². The summed E-state index contributed by atoms with van der Waals surface area (Å²) in [5.41, 5.74) is 0. The lowest BCUT2D eigenvalue weighted by atomic mass is 10.0. The summed E-state index contributed by atoms with van der Waals surface area (Å²) in [6.07, 6.45) is 67.0. The number of aliphatic hydroxyl groups excluding tert-OH is 2. The molecule has 0 aliphatic heterocycles. The Bertz CT molecular complexity index is 1060. The fourth-order valence-corrected chi connectivity index (χ4v) is 8.72. The summed E-state index contributed by atoms with van der Waals surface area (Å²) < 4.78 is 5.45. The zero-order chi connectivity index (χ0) is 47.2. The molecule has 0 aromatic rings. The Morgan fingerprint density at radius 2 is 0.769 bits per heavy atom. The van der Waals surface area contributed by atoms with Gasteiger partial charge in [0.1, 0.15) is 0 Å². The topological polar surface area (TPSA) is 95.9 Å². The molecule has 0 rings (SSSR count). The molecule has 0 fully saturated rings. The van der Waals surface area contributed by atoms with E-state index in [1.165, 1.54) is 186 Å². The Morgan fingerprint density at radius 3 is 1.22 bits per heavy atom. The first-order chi connectivity index (χ1) is 32.0. The molecular weight excluding hydrogens is 803 g/mol. The third kappa shape index (κ3) is 51.3. The zero-order valence-electron chi connectivity index (χ0n) is 43.5. The maximum absolute atomic E-state index is 12.5. The molecule has 0 bridgehead atoms. The van der Waals surface area contributed by atoms with Crippen molar-refractivity contribution in [2.75, 3.05) is 13.2 Å². The van der Waals surface area contributed by atoms with Crippen molar-refractivity contribution in [2.45, 2.75) is 315 Å². The molecule has 0 aliphatic carbocycles. The van der Waals surface area contributed by atoms with E-state index in [1.54, 1.807) is 0 Å². The van der Waals surface area contributed by atoms with Gasteiger partial charge >= 0.3 is 5.97 Å². The minimum atomic E-state index is -0.676. The van der Waals surface area contributed by atoms with Crippen molar-refractivity contribution in [3.05, 3.63) is 36.5 Å². The monoisotopic (exact) mass is 914 g/mol. The predicted molar refractivity (Wildman–Crippen MR) is 283 cm³/mol.